The molecule has 0 amide bonds. The second kappa shape index (κ2) is 2.85. The maximum atomic E-state index is 5.76. The molecule has 6 heteroatoms. The van der Waals surface area contributed by atoms with Gasteiger partial charge in [-0.2, -0.15) is 9.61 Å². The molecule has 0 radical (unpaired) electrons. The lowest BCUT2D eigenvalue weighted by Crippen LogP contribution is -1.98. The van der Waals surface area contributed by atoms with Crippen LogP contribution in [0.3, 0.4) is 0 Å². The highest BCUT2D eigenvalue weighted by Gasteiger charge is 2.09. The van der Waals surface area contributed by atoms with Crippen LogP contribution < -0.4 is 5.73 Å². The van der Waals surface area contributed by atoms with Crippen molar-refractivity contribution >= 4 is 39.0 Å². The van der Waals surface area contributed by atoms with Crippen LogP contribution in [-0.4, -0.2) is 14.6 Å². The van der Waals surface area contributed by atoms with Gasteiger partial charge in [0.05, 0.1) is 10.2 Å². The molecular formula is C7H6BrClN4. The summed E-state index contributed by atoms with van der Waals surface area (Å²) in [6.45, 7) is 1.82. The number of hydrogen-bond donors (Lipinski definition) is 1. The van der Waals surface area contributed by atoms with E-state index in [1.165, 1.54) is 4.52 Å². The van der Waals surface area contributed by atoms with Gasteiger partial charge in [0, 0.05) is 0 Å². The van der Waals surface area contributed by atoms with Gasteiger partial charge in [-0.25, -0.2) is 4.98 Å². The van der Waals surface area contributed by atoms with Crippen LogP contribution in [0.2, 0.25) is 5.15 Å². The van der Waals surface area contributed by atoms with Crippen LogP contribution in [0.5, 0.6) is 0 Å². The van der Waals surface area contributed by atoms with Crippen LogP contribution in [0.25, 0.3) is 5.65 Å². The number of anilines is 1. The lowest BCUT2D eigenvalue weighted by molar-refractivity contribution is 0.941. The monoisotopic (exact) mass is 260 g/mol. The molecule has 0 bridgehead atoms. The number of imidazole rings is 1. The topological polar surface area (TPSA) is 56.2 Å². The van der Waals surface area contributed by atoms with E-state index in [0.29, 0.717) is 16.6 Å². The van der Waals surface area contributed by atoms with Crippen molar-refractivity contribution in [3.05, 3.63) is 21.4 Å². The van der Waals surface area contributed by atoms with Crippen molar-refractivity contribution in [1.82, 2.24) is 14.6 Å². The Morgan fingerprint density at radius 1 is 1.62 bits per heavy atom. The summed E-state index contributed by atoms with van der Waals surface area (Å²) in [6, 6.07) is 1.68. The van der Waals surface area contributed by atoms with Gasteiger partial charge in [0.1, 0.15) is 5.82 Å². The average molecular weight is 262 g/mol. The normalized spacial score (nSPS) is 11.0. The number of nitrogens with zero attached hydrogens (tertiary/aromatic N) is 3. The van der Waals surface area contributed by atoms with Crippen LogP contribution in [0.4, 0.5) is 5.82 Å². The maximum absolute atomic E-state index is 5.76. The number of halogens is 2. The third-order valence-corrected chi connectivity index (χ3v) is 2.50. The molecule has 0 saturated carbocycles. The summed E-state index contributed by atoms with van der Waals surface area (Å²) < 4.78 is 2.30. The zero-order valence-corrected chi connectivity index (χ0v) is 9.09. The van der Waals surface area contributed by atoms with Crippen molar-refractivity contribution in [2.24, 2.45) is 0 Å². The van der Waals surface area contributed by atoms with E-state index >= 15 is 0 Å². The van der Waals surface area contributed by atoms with E-state index in [0.717, 1.165) is 10.2 Å². The van der Waals surface area contributed by atoms with Crippen molar-refractivity contribution in [1.29, 1.82) is 0 Å². The SMILES string of the molecule is Cc1nc2c(Br)cc(Cl)nn2c1N. The summed E-state index contributed by atoms with van der Waals surface area (Å²) in [7, 11) is 0. The molecule has 0 atom stereocenters. The highest BCUT2D eigenvalue weighted by molar-refractivity contribution is 9.10. The first-order valence-corrected chi connectivity index (χ1v) is 4.73. The fourth-order valence-corrected chi connectivity index (χ4v) is 1.87. The average Bonchev–Trinajstić information content (AvgIpc) is 2.32. The minimum atomic E-state index is 0.378. The summed E-state index contributed by atoms with van der Waals surface area (Å²) in [5.74, 6) is 0.512. The number of hydrogen-bond acceptors (Lipinski definition) is 3. The molecule has 2 heterocycles. The molecule has 13 heavy (non-hydrogen) atoms. The second-order valence-electron chi connectivity index (χ2n) is 2.63. The van der Waals surface area contributed by atoms with Gasteiger partial charge in [-0.05, 0) is 28.9 Å². The molecule has 0 aromatic carbocycles. The molecule has 2 rings (SSSR count). The molecule has 0 saturated heterocycles. The number of rotatable bonds is 0. The quantitative estimate of drug-likeness (QED) is 0.789. The summed E-state index contributed by atoms with van der Waals surface area (Å²) >= 11 is 9.09. The fraction of sp³-hybridized carbons (Fsp3) is 0.143. The van der Waals surface area contributed by atoms with E-state index in [4.69, 9.17) is 17.3 Å². The van der Waals surface area contributed by atoms with Gasteiger partial charge in [-0.1, -0.05) is 11.6 Å². The summed E-state index contributed by atoms with van der Waals surface area (Å²) in [5, 5.41) is 4.40. The fourth-order valence-electron chi connectivity index (χ4n) is 1.08. The standard InChI is InChI=1S/C7H6BrClN4/c1-3-6(10)13-7(11-3)4(8)2-5(9)12-13/h2H,10H2,1H3. The van der Waals surface area contributed by atoms with Gasteiger partial charge in [-0.15, -0.1) is 0 Å². The third-order valence-electron chi connectivity index (χ3n) is 1.73. The smallest absolute Gasteiger partial charge is 0.170 e. The zero-order chi connectivity index (χ0) is 9.59. The predicted octanol–water partition coefficient (Wildman–Crippen LogP) is 2.04. The number of aromatic nitrogens is 3. The number of fused-ring (bicyclic) bond motifs is 1. The zero-order valence-electron chi connectivity index (χ0n) is 6.75. The first-order valence-electron chi connectivity index (χ1n) is 3.56. The Labute approximate surface area is 87.8 Å². The highest BCUT2D eigenvalue weighted by Crippen LogP contribution is 2.23. The highest BCUT2D eigenvalue weighted by atomic mass is 79.9. The molecule has 4 nitrogen and oxygen atoms in total. The van der Waals surface area contributed by atoms with Gasteiger partial charge in [0.15, 0.2) is 10.8 Å². The van der Waals surface area contributed by atoms with E-state index in [1.807, 2.05) is 6.92 Å². The van der Waals surface area contributed by atoms with Crippen LogP contribution in [0, 0.1) is 6.92 Å². The van der Waals surface area contributed by atoms with E-state index < -0.39 is 0 Å². The number of nitrogen functional groups attached to an aromatic ring is 1. The molecule has 0 spiro atoms. The lowest BCUT2D eigenvalue weighted by Gasteiger charge is -1.97. The Hall–Kier alpha value is -0.810. The Morgan fingerprint density at radius 2 is 2.31 bits per heavy atom. The minimum Gasteiger partial charge on any atom is -0.382 e. The Balaban J connectivity index is 2.94. The van der Waals surface area contributed by atoms with Crippen LogP contribution in [0.1, 0.15) is 5.69 Å². The van der Waals surface area contributed by atoms with Crippen molar-refractivity contribution < 1.29 is 0 Å². The minimum absolute atomic E-state index is 0.378. The Morgan fingerprint density at radius 3 is 3.00 bits per heavy atom. The van der Waals surface area contributed by atoms with Gasteiger partial charge in [0.25, 0.3) is 0 Å². The summed E-state index contributed by atoms with van der Waals surface area (Å²) in [5.41, 5.74) is 7.16. The van der Waals surface area contributed by atoms with Gasteiger partial charge < -0.3 is 5.73 Å². The number of nitrogens with two attached hydrogens (primary N) is 1. The molecule has 0 aliphatic carbocycles. The molecule has 0 aliphatic rings. The van der Waals surface area contributed by atoms with Crippen LogP contribution in [-0.2, 0) is 0 Å². The van der Waals surface area contributed by atoms with Gasteiger partial charge in [-0.3, -0.25) is 0 Å². The molecule has 0 aliphatic heterocycles. The molecule has 0 unspecified atom stereocenters. The molecular weight excluding hydrogens is 255 g/mol. The molecule has 2 N–H and O–H groups in total. The van der Waals surface area contributed by atoms with Gasteiger partial charge in [0.2, 0.25) is 0 Å². The van der Waals surface area contributed by atoms with Crippen LogP contribution >= 0.6 is 27.5 Å². The molecule has 68 valence electrons. The second-order valence-corrected chi connectivity index (χ2v) is 3.87. The van der Waals surface area contributed by atoms with E-state index in [2.05, 4.69) is 26.0 Å². The van der Waals surface area contributed by atoms with Crippen molar-refractivity contribution in [3.8, 4) is 0 Å². The summed E-state index contributed by atoms with van der Waals surface area (Å²) in [4.78, 5) is 4.22. The number of aryl methyl sites for hydroxylation is 1. The maximum Gasteiger partial charge on any atom is 0.170 e. The van der Waals surface area contributed by atoms with E-state index in [9.17, 15) is 0 Å². The first-order chi connectivity index (χ1) is 6.09. The van der Waals surface area contributed by atoms with Crippen molar-refractivity contribution in [2.75, 3.05) is 5.73 Å². The Kier molecular flexibility index (Phi) is 1.92. The molecule has 2 aromatic heterocycles. The largest absolute Gasteiger partial charge is 0.382 e. The van der Waals surface area contributed by atoms with E-state index in [-0.39, 0.29) is 0 Å². The summed E-state index contributed by atoms with van der Waals surface area (Å²) in [6.07, 6.45) is 0. The molecule has 0 fully saturated rings. The van der Waals surface area contributed by atoms with Crippen molar-refractivity contribution in [2.45, 2.75) is 6.92 Å². The van der Waals surface area contributed by atoms with Gasteiger partial charge >= 0.3 is 0 Å². The molecule has 2 aromatic rings. The lowest BCUT2D eigenvalue weighted by atomic mass is 10.5. The first kappa shape index (κ1) is 8.77. The third kappa shape index (κ3) is 1.28. The van der Waals surface area contributed by atoms with E-state index in [1.54, 1.807) is 6.07 Å². The van der Waals surface area contributed by atoms with Crippen molar-refractivity contribution in [3.63, 3.8) is 0 Å². The van der Waals surface area contributed by atoms with Crippen LogP contribution in [0.15, 0.2) is 10.5 Å². The predicted molar refractivity (Wildman–Crippen MR) is 54.8 cm³/mol. The Bertz CT molecular complexity index is 479.